The number of nitrogens with one attached hydrogen (secondary N) is 1. The summed E-state index contributed by atoms with van der Waals surface area (Å²) in [5, 5.41) is 20.5. The summed E-state index contributed by atoms with van der Waals surface area (Å²) in [6.07, 6.45) is 4.74. The number of methoxy groups -OCH3 is 1. The Hall–Kier alpha value is -3.93. The number of aliphatic hydroxyl groups is 1. The first-order valence-electron chi connectivity index (χ1n) is 14.6. The first-order chi connectivity index (χ1) is 21.4. The molecule has 10 nitrogen and oxygen atoms in total. The average molecular weight is 655 g/mol. The molecule has 2 aromatic carbocycles. The van der Waals surface area contributed by atoms with E-state index in [1.54, 1.807) is 36.0 Å². The molecule has 0 bridgehead atoms. The van der Waals surface area contributed by atoms with Crippen molar-refractivity contribution >= 4 is 45.9 Å². The Bertz CT molecular complexity index is 1910. The zero-order chi connectivity index (χ0) is 31.9. The van der Waals surface area contributed by atoms with E-state index in [1.165, 1.54) is 19.2 Å². The Kier molecular flexibility index (Phi) is 6.81. The topological polar surface area (TPSA) is 142 Å². The number of hydrogen-bond acceptors (Lipinski definition) is 7. The highest BCUT2D eigenvalue weighted by Crippen LogP contribution is 2.51. The molecule has 0 spiro atoms. The number of carbonyl (C=O) groups is 2. The number of rotatable bonds is 9. The van der Waals surface area contributed by atoms with E-state index in [9.17, 15) is 14.7 Å². The molecule has 1 unspecified atom stereocenters. The normalized spacial score (nSPS) is 21.1. The number of amides is 2. The number of benzene rings is 2. The van der Waals surface area contributed by atoms with Gasteiger partial charge in [0.2, 0.25) is 5.91 Å². The van der Waals surface area contributed by atoms with Gasteiger partial charge in [0.15, 0.2) is 0 Å². The fourth-order valence-electron chi connectivity index (χ4n) is 5.92. The fraction of sp³-hybridized carbons (Fsp3) is 0.375. The van der Waals surface area contributed by atoms with Crippen LogP contribution in [0.4, 0.5) is 4.39 Å². The Morgan fingerprint density at radius 2 is 2.02 bits per heavy atom. The minimum Gasteiger partial charge on any atom is -0.494 e. The largest absolute Gasteiger partial charge is 0.494 e. The molecule has 0 radical (unpaired) electrons. The van der Waals surface area contributed by atoms with E-state index in [4.69, 9.17) is 43.4 Å². The summed E-state index contributed by atoms with van der Waals surface area (Å²) in [6, 6.07) is 9.00. The number of pyridine rings is 1. The van der Waals surface area contributed by atoms with Crippen molar-refractivity contribution in [3.8, 4) is 22.8 Å². The van der Waals surface area contributed by atoms with Crippen LogP contribution in [0.2, 0.25) is 5.02 Å². The van der Waals surface area contributed by atoms with E-state index in [1.807, 2.05) is 0 Å². The van der Waals surface area contributed by atoms with Crippen molar-refractivity contribution < 1.29 is 28.6 Å². The Balaban J connectivity index is 1.26. The van der Waals surface area contributed by atoms with E-state index in [0.717, 1.165) is 18.9 Å². The highest BCUT2D eigenvalue weighted by atomic mass is 35.5. The SMILES string of the molecule is COc1cc(C(=O)NCC(O)(c2cc3c(c(-c4ccc(Cl)cc4F)n2)OC[C@]3(C)C(N)=O)C2CC2)cc2cn(C3(Cl)CC3)nc12. The summed E-state index contributed by atoms with van der Waals surface area (Å²) in [5.41, 5.74) is 4.51. The third-order valence-electron chi connectivity index (χ3n) is 9.15. The summed E-state index contributed by atoms with van der Waals surface area (Å²) < 4.78 is 28.3. The lowest BCUT2D eigenvalue weighted by Gasteiger charge is -2.30. The standard InChI is InChI=1S/C32H30Cl2FN5O5/c1-30(29(36)42)15-45-27-21(30)12-24(38-26(27)20-6-5-19(33)11-22(20)35)32(43,18-3-4-18)14-37-28(41)16-9-17-13-40(31(34)7-8-31)39-25(17)23(10-16)44-2/h5-6,9-13,18,43H,3-4,7-8,14-15H2,1-2H3,(H2,36,42)(H,37,41)/t30-,32?/m0/s1. The summed E-state index contributed by atoms with van der Waals surface area (Å²) in [6.45, 7) is 1.35. The zero-order valence-corrected chi connectivity index (χ0v) is 26.0. The van der Waals surface area contributed by atoms with Crippen LogP contribution >= 0.6 is 23.2 Å². The molecule has 2 aromatic heterocycles. The molecule has 3 heterocycles. The summed E-state index contributed by atoms with van der Waals surface area (Å²) in [7, 11) is 1.50. The van der Waals surface area contributed by atoms with E-state index < -0.39 is 33.6 Å². The van der Waals surface area contributed by atoms with Crippen molar-refractivity contribution in [1.82, 2.24) is 20.1 Å². The second-order valence-electron chi connectivity index (χ2n) is 12.3. The zero-order valence-electron chi connectivity index (χ0n) is 24.5. The van der Waals surface area contributed by atoms with Gasteiger partial charge in [-0.2, -0.15) is 5.10 Å². The van der Waals surface area contributed by atoms with Gasteiger partial charge in [0.25, 0.3) is 5.91 Å². The van der Waals surface area contributed by atoms with E-state index in [0.29, 0.717) is 40.6 Å². The van der Waals surface area contributed by atoms with Crippen LogP contribution < -0.4 is 20.5 Å². The van der Waals surface area contributed by atoms with Gasteiger partial charge >= 0.3 is 0 Å². The van der Waals surface area contributed by atoms with Crippen molar-refractivity contribution in [2.24, 2.45) is 11.7 Å². The van der Waals surface area contributed by atoms with Crippen molar-refractivity contribution in [3.05, 3.63) is 70.3 Å². The minimum atomic E-state index is -1.65. The van der Waals surface area contributed by atoms with Crippen LogP contribution in [-0.2, 0) is 20.8 Å². The highest BCUT2D eigenvalue weighted by Gasteiger charge is 2.50. The molecular formula is C32H30Cl2FN5O5. The first-order valence-corrected chi connectivity index (χ1v) is 15.3. The number of nitrogens with two attached hydrogens (primary N) is 1. The molecule has 3 aliphatic rings. The Morgan fingerprint density at radius 1 is 1.27 bits per heavy atom. The smallest absolute Gasteiger partial charge is 0.251 e. The predicted octanol–water partition coefficient (Wildman–Crippen LogP) is 4.75. The quantitative estimate of drug-likeness (QED) is 0.221. The van der Waals surface area contributed by atoms with Gasteiger partial charge in [-0.25, -0.2) is 9.37 Å². The Labute approximate surface area is 267 Å². The van der Waals surface area contributed by atoms with Gasteiger partial charge < -0.3 is 25.6 Å². The number of hydrogen-bond donors (Lipinski definition) is 3. The maximum atomic E-state index is 15.2. The number of primary amides is 1. The molecule has 45 heavy (non-hydrogen) atoms. The summed E-state index contributed by atoms with van der Waals surface area (Å²) in [5.74, 6) is -1.38. The summed E-state index contributed by atoms with van der Waals surface area (Å²) in [4.78, 5) is 30.3. The van der Waals surface area contributed by atoms with Crippen molar-refractivity contribution in [1.29, 1.82) is 0 Å². The lowest BCUT2D eigenvalue weighted by molar-refractivity contribution is -0.123. The van der Waals surface area contributed by atoms with Crippen LogP contribution in [0, 0.1) is 11.7 Å². The monoisotopic (exact) mass is 653 g/mol. The first kappa shape index (κ1) is 29.8. The van der Waals surface area contributed by atoms with E-state index >= 15 is 4.39 Å². The highest BCUT2D eigenvalue weighted by molar-refractivity contribution is 6.30. The van der Waals surface area contributed by atoms with E-state index in [2.05, 4.69) is 10.4 Å². The third-order valence-corrected chi connectivity index (χ3v) is 9.93. The molecule has 0 saturated heterocycles. The maximum Gasteiger partial charge on any atom is 0.251 e. The second-order valence-corrected chi connectivity index (χ2v) is 13.5. The van der Waals surface area contributed by atoms with E-state index in [-0.39, 0.29) is 46.8 Å². The number of ether oxygens (including phenoxy) is 2. The third kappa shape index (κ3) is 4.88. The van der Waals surface area contributed by atoms with Gasteiger partial charge in [0.1, 0.15) is 51.1 Å². The number of carbonyl (C=O) groups excluding carboxylic acids is 2. The Morgan fingerprint density at radius 3 is 2.67 bits per heavy atom. The molecule has 2 aliphatic carbocycles. The van der Waals surface area contributed by atoms with Crippen LogP contribution in [0.3, 0.4) is 0 Å². The fourth-order valence-corrected chi connectivity index (χ4v) is 6.26. The van der Waals surface area contributed by atoms with Crippen LogP contribution in [0.1, 0.15) is 54.2 Å². The molecule has 2 saturated carbocycles. The molecule has 7 rings (SSSR count). The summed E-state index contributed by atoms with van der Waals surface area (Å²) >= 11 is 12.6. The van der Waals surface area contributed by atoms with Crippen molar-refractivity contribution in [3.63, 3.8) is 0 Å². The van der Waals surface area contributed by atoms with Gasteiger partial charge in [-0.3, -0.25) is 14.3 Å². The molecule has 234 valence electrons. The molecule has 4 N–H and O–H groups in total. The molecule has 2 amide bonds. The lowest BCUT2D eigenvalue weighted by atomic mass is 9.81. The predicted molar refractivity (Wildman–Crippen MR) is 165 cm³/mol. The molecular weight excluding hydrogens is 624 g/mol. The van der Waals surface area contributed by atoms with Crippen LogP contribution in [0.15, 0.2) is 42.6 Å². The number of nitrogens with zero attached hydrogens (tertiary/aromatic N) is 3. The van der Waals surface area contributed by atoms with Gasteiger partial charge in [0.05, 0.1) is 19.3 Å². The van der Waals surface area contributed by atoms with Gasteiger partial charge in [-0.15, -0.1) is 0 Å². The number of aromatic nitrogens is 3. The van der Waals surface area contributed by atoms with Crippen molar-refractivity contribution in [2.75, 3.05) is 20.3 Å². The number of alkyl halides is 1. The molecule has 4 aromatic rings. The molecule has 13 heteroatoms. The number of fused-ring (bicyclic) bond motifs is 2. The molecule has 2 fully saturated rings. The van der Waals surface area contributed by atoms with Crippen LogP contribution in [-0.4, -0.2) is 51.9 Å². The van der Waals surface area contributed by atoms with Crippen LogP contribution in [0.5, 0.6) is 11.5 Å². The van der Waals surface area contributed by atoms with Gasteiger partial charge in [0, 0.05) is 33.3 Å². The average Bonchev–Trinajstić information content (AvgIpc) is 3.93. The van der Waals surface area contributed by atoms with Gasteiger partial charge in [-0.1, -0.05) is 23.2 Å². The van der Waals surface area contributed by atoms with Crippen molar-refractivity contribution in [2.45, 2.75) is 48.6 Å². The van der Waals surface area contributed by atoms with Crippen LogP contribution in [0.25, 0.3) is 22.2 Å². The minimum absolute atomic E-state index is 0.0741. The van der Waals surface area contributed by atoms with Gasteiger partial charge in [-0.05, 0) is 74.9 Å². The number of halogens is 3. The maximum absolute atomic E-state index is 15.2. The second kappa shape index (κ2) is 10.3. The molecule has 1 aliphatic heterocycles. The molecule has 2 atom stereocenters. The lowest BCUT2D eigenvalue weighted by Crippen LogP contribution is -2.44.